The van der Waals surface area contributed by atoms with Gasteiger partial charge in [-0.15, -0.1) is 0 Å². The molecule has 0 saturated heterocycles. The van der Waals surface area contributed by atoms with Crippen molar-refractivity contribution in [1.82, 2.24) is 10.3 Å². The zero-order valence-corrected chi connectivity index (χ0v) is 21.8. The van der Waals surface area contributed by atoms with Crippen LogP contribution in [-0.4, -0.2) is 23.1 Å². The van der Waals surface area contributed by atoms with E-state index < -0.39 is 5.91 Å². The van der Waals surface area contributed by atoms with Crippen molar-refractivity contribution >= 4 is 67.6 Å². The van der Waals surface area contributed by atoms with Gasteiger partial charge in [0.1, 0.15) is 11.3 Å². The summed E-state index contributed by atoms with van der Waals surface area (Å²) in [6.07, 6.45) is 0.918. The molecule has 0 aliphatic carbocycles. The highest BCUT2D eigenvalue weighted by Gasteiger charge is 2.18. The largest absolute Gasteiger partial charge is 0.496 e. The maximum atomic E-state index is 12.9. The number of hydrogen-bond acceptors (Lipinski definition) is 5. The van der Waals surface area contributed by atoms with Crippen LogP contribution in [0.2, 0.25) is 5.02 Å². The molecule has 3 aromatic carbocycles. The minimum Gasteiger partial charge on any atom is -0.496 e. The molecule has 0 bridgehead atoms. The summed E-state index contributed by atoms with van der Waals surface area (Å²) in [6, 6.07) is 14.8. The number of ether oxygens (including phenoxy) is 1. The fraction of sp³-hybridized carbons (Fsp3) is 0.160. The number of amides is 1. The second-order valence-corrected chi connectivity index (χ2v) is 9.31. The van der Waals surface area contributed by atoms with Crippen LogP contribution < -0.4 is 15.4 Å². The Bertz CT molecular complexity index is 1420. The first kappa shape index (κ1) is 24.2. The third-order valence-corrected chi connectivity index (χ3v) is 6.23. The number of hydrogen-bond donors (Lipinski definition) is 2. The smallest absolute Gasteiger partial charge is 0.261 e. The lowest BCUT2D eigenvalue weighted by molar-refractivity contribution is 0.0974. The van der Waals surface area contributed by atoms with E-state index in [1.54, 1.807) is 18.2 Å². The maximum absolute atomic E-state index is 12.9. The first-order chi connectivity index (χ1) is 16.3. The quantitative estimate of drug-likeness (QED) is 0.259. The second-order valence-electron chi connectivity index (χ2n) is 7.58. The molecule has 1 aromatic heterocycles. The number of methoxy groups -OCH3 is 1. The van der Waals surface area contributed by atoms with Gasteiger partial charge in [0.05, 0.1) is 23.4 Å². The van der Waals surface area contributed by atoms with Crippen LogP contribution in [0.4, 0.5) is 5.69 Å². The highest BCUT2D eigenvalue weighted by atomic mass is 79.9. The molecule has 34 heavy (non-hydrogen) atoms. The molecule has 0 saturated carbocycles. The van der Waals surface area contributed by atoms with E-state index in [-0.39, 0.29) is 5.11 Å². The van der Waals surface area contributed by atoms with Crippen molar-refractivity contribution in [1.29, 1.82) is 0 Å². The number of nitrogens with one attached hydrogen (secondary N) is 2. The van der Waals surface area contributed by atoms with Crippen LogP contribution in [-0.2, 0) is 6.42 Å². The predicted molar refractivity (Wildman–Crippen MR) is 143 cm³/mol. The van der Waals surface area contributed by atoms with Gasteiger partial charge in [0, 0.05) is 10.0 Å². The second kappa shape index (κ2) is 10.1. The third kappa shape index (κ3) is 5.09. The maximum Gasteiger partial charge on any atom is 0.261 e. The zero-order valence-electron chi connectivity index (χ0n) is 18.7. The van der Waals surface area contributed by atoms with E-state index in [4.69, 9.17) is 33.0 Å². The van der Waals surface area contributed by atoms with Gasteiger partial charge in [-0.2, -0.15) is 0 Å². The Labute approximate surface area is 215 Å². The fourth-order valence-corrected chi connectivity index (χ4v) is 4.50. The molecule has 4 aromatic rings. The monoisotopic (exact) mass is 557 g/mol. The summed E-state index contributed by atoms with van der Waals surface area (Å²) in [7, 11) is 1.52. The van der Waals surface area contributed by atoms with E-state index in [0.29, 0.717) is 33.5 Å². The van der Waals surface area contributed by atoms with E-state index in [2.05, 4.69) is 38.5 Å². The van der Waals surface area contributed by atoms with Crippen LogP contribution >= 0.6 is 39.7 Å². The summed E-state index contributed by atoms with van der Waals surface area (Å²) < 4.78 is 12.1. The number of benzene rings is 3. The number of oxazole rings is 1. The van der Waals surface area contributed by atoms with Gasteiger partial charge in [0.15, 0.2) is 10.7 Å². The summed E-state index contributed by atoms with van der Waals surface area (Å²) in [6.45, 7) is 3.95. The van der Waals surface area contributed by atoms with Crippen LogP contribution in [0.5, 0.6) is 5.75 Å². The Balaban J connectivity index is 1.55. The van der Waals surface area contributed by atoms with Gasteiger partial charge in [-0.05, 0) is 79.2 Å². The number of fused-ring (bicyclic) bond motifs is 1. The molecule has 0 fully saturated rings. The van der Waals surface area contributed by atoms with Crippen molar-refractivity contribution in [3.63, 3.8) is 0 Å². The van der Waals surface area contributed by atoms with Crippen LogP contribution in [0.1, 0.15) is 28.4 Å². The van der Waals surface area contributed by atoms with Crippen molar-refractivity contribution in [3.05, 3.63) is 74.7 Å². The van der Waals surface area contributed by atoms with Crippen molar-refractivity contribution in [2.45, 2.75) is 20.3 Å². The van der Waals surface area contributed by atoms with Crippen LogP contribution in [0, 0.1) is 6.92 Å². The Kier molecular flexibility index (Phi) is 7.21. The number of thiocarbonyl (C=S) groups is 1. The molecule has 174 valence electrons. The Morgan fingerprint density at radius 3 is 2.74 bits per heavy atom. The lowest BCUT2D eigenvalue weighted by Crippen LogP contribution is -2.34. The summed E-state index contributed by atoms with van der Waals surface area (Å²) in [5, 5.41) is 6.19. The molecule has 9 heteroatoms. The van der Waals surface area contributed by atoms with Crippen molar-refractivity contribution in [2.75, 3.05) is 12.4 Å². The third-order valence-electron chi connectivity index (χ3n) is 5.24. The molecule has 4 rings (SSSR count). The minimum absolute atomic E-state index is 0.0916. The molecule has 1 heterocycles. The summed E-state index contributed by atoms with van der Waals surface area (Å²) >= 11 is 15.1. The van der Waals surface area contributed by atoms with E-state index in [1.165, 1.54) is 12.7 Å². The van der Waals surface area contributed by atoms with Gasteiger partial charge in [0.2, 0.25) is 5.89 Å². The first-order valence-electron chi connectivity index (χ1n) is 10.4. The van der Waals surface area contributed by atoms with Gasteiger partial charge in [-0.25, -0.2) is 4.98 Å². The number of rotatable bonds is 5. The molecule has 0 aliphatic heterocycles. The number of nitrogens with zero attached hydrogens (tertiary/aromatic N) is 1. The molecule has 2 N–H and O–H groups in total. The van der Waals surface area contributed by atoms with Gasteiger partial charge in [-0.1, -0.05) is 40.5 Å². The van der Waals surface area contributed by atoms with Crippen LogP contribution in [0.3, 0.4) is 0 Å². The molecule has 6 nitrogen and oxygen atoms in total. The molecule has 0 atom stereocenters. The SMILES string of the molecule is CCc1ccc2oc(-c3ccc(Cl)c(NC(=S)NC(=O)c4cc(Br)cc(C)c4OC)c3)nc2c1. The van der Waals surface area contributed by atoms with Gasteiger partial charge in [0.25, 0.3) is 5.91 Å². The Morgan fingerprint density at radius 1 is 1.21 bits per heavy atom. The molecule has 1 amide bonds. The average molecular weight is 559 g/mol. The molecule has 0 aliphatic rings. The Hall–Kier alpha value is -2.94. The topological polar surface area (TPSA) is 76.4 Å². The highest BCUT2D eigenvalue weighted by molar-refractivity contribution is 9.10. The van der Waals surface area contributed by atoms with E-state index in [0.717, 1.165) is 27.5 Å². The van der Waals surface area contributed by atoms with Crippen LogP contribution in [0.15, 0.2) is 57.4 Å². The summed E-state index contributed by atoms with van der Waals surface area (Å²) in [5.74, 6) is 0.537. The minimum atomic E-state index is -0.406. The number of aromatic nitrogens is 1. The fourth-order valence-electron chi connectivity index (χ4n) is 3.56. The van der Waals surface area contributed by atoms with Gasteiger partial charge >= 0.3 is 0 Å². The zero-order chi connectivity index (χ0) is 24.4. The molecular weight excluding hydrogens is 538 g/mol. The molecular formula is C25H21BrClN3O3S. The van der Waals surface area contributed by atoms with Gasteiger partial charge in [-0.3, -0.25) is 10.1 Å². The molecule has 0 unspecified atom stereocenters. The van der Waals surface area contributed by atoms with Gasteiger partial charge < -0.3 is 14.5 Å². The van der Waals surface area contributed by atoms with Crippen molar-refractivity contribution in [3.8, 4) is 17.2 Å². The number of aryl methyl sites for hydroxylation is 2. The predicted octanol–water partition coefficient (Wildman–Crippen LogP) is 6.92. The highest BCUT2D eigenvalue weighted by Crippen LogP contribution is 2.31. The number of anilines is 1. The Morgan fingerprint density at radius 2 is 2.00 bits per heavy atom. The first-order valence-corrected chi connectivity index (χ1v) is 12.0. The van der Waals surface area contributed by atoms with Crippen molar-refractivity contribution < 1.29 is 13.9 Å². The molecule has 0 spiro atoms. The number of carbonyl (C=O) groups is 1. The standard InChI is InChI=1S/C25H21BrClN3O3S/c1-4-14-5-8-21-20(10-14)28-24(33-21)15-6-7-18(27)19(11-15)29-25(34)30-23(31)17-12-16(26)9-13(2)22(17)32-3/h5-12H,4H2,1-3H3,(H2,29,30,31,34). The average Bonchev–Trinajstić information content (AvgIpc) is 3.23. The number of halogens is 2. The van der Waals surface area contributed by atoms with E-state index >= 15 is 0 Å². The van der Waals surface area contributed by atoms with E-state index in [1.807, 2.05) is 37.3 Å². The lowest BCUT2D eigenvalue weighted by atomic mass is 10.1. The van der Waals surface area contributed by atoms with E-state index in [9.17, 15) is 4.79 Å². The normalized spacial score (nSPS) is 10.9. The summed E-state index contributed by atoms with van der Waals surface area (Å²) in [4.78, 5) is 17.5. The lowest BCUT2D eigenvalue weighted by Gasteiger charge is -2.14. The molecule has 0 radical (unpaired) electrons. The number of carbonyl (C=O) groups excluding carboxylic acids is 1. The van der Waals surface area contributed by atoms with Crippen molar-refractivity contribution in [2.24, 2.45) is 0 Å². The summed E-state index contributed by atoms with van der Waals surface area (Å²) in [5.41, 5.74) is 5.09. The van der Waals surface area contributed by atoms with Crippen LogP contribution in [0.25, 0.3) is 22.6 Å².